The number of oxazole rings is 1. The maximum atomic E-state index is 12.4. The van der Waals surface area contributed by atoms with Crippen LogP contribution in [0.2, 0.25) is 0 Å². The van der Waals surface area contributed by atoms with Gasteiger partial charge in [-0.05, 0) is 18.6 Å². The number of fused-ring (bicyclic) bond motifs is 1. The normalized spacial score (nSPS) is 10.8. The molecule has 3 rings (SSSR count). The van der Waals surface area contributed by atoms with Gasteiger partial charge < -0.3 is 19.9 Å². The maximum Gasteiger partial charge on any atom is 0.295 e. The lowest BCUT2D eigenvalue weighted by atomic mass is 10.2. The molecule has 25 heavy (non-hydrogen) atoms. The summed E-state index contributed by atoms with van der Waals surface area (Å²) in [5.41, 5.74) is 7.12. The maximum absolute atomic E-state index is 12.4. The first kappa shape index (κ1) is 16.5. The van der Waals surface area contributed by atoms with Gasteiger partial charge in [0.1, 0.15) is 11.3 Å². The number of aromatic amines is 1. The number of rotatable bonds is 5. The van der Waals surface area contributed by atoms with Crippen molar-refractivity contribution >= 4 is 28.8 Å². The number of anilines is 1. The zero-order valence-electron chi connectivity index (χ0n) is 14.0. The molecule has 2 aromatic heterocycles. The Morgan fingerprint density at radius 3 is 2.76 bits per heavy atom. The lowest BCUT2D eigenvalue weighted by Crippen LogP contribution is -2.14. The highest BCUT2D eigenvalue weighted by atomic mass is 16.5. The Morgan fingerprint density at radius 1 is 1.36 bits per heavy atom. The van der Waals surface area contributed by atoms with E-state index >= 15 is 0 Å². The number of aryl methyl sites for hydroxylation is 2. The summed E-state index contributed by atoms with van der Waals surface area (Å²) < 4.78 is 10.6. The zero-order valence-corrected chi connectivity index (χ0v) is 14.0. The predicted octanol–water partition coefficient (Wildman–Crippen LogP) is 1.78. The second-order valence-electron chi connectivity index (χ2n) is 5.34. The molecule has 0 saturated carbocycles. The van der Waals surface area contributed by atoms with Gasteiger partial charge in [-0.25, -0.2) is 9.97 Å². The SMILES string of the molecule is CCc1nc(C)oc1C(=O)Nc1nc2c(OC)cc(C(N)=O)cc2[nH]1. The van der Waals surface area contributed by atoms with Crippen molar-refractivity contribution in [3.8, 4) is 5.75 Å². The van der Waals surface area contributed by atoms with E-state index in [0.29, 0.717) is 34.8 Å². The van der Waals surface area contributed by atoms with Gasteiger partial charge in [0.2, 0.25) is 17.6 Å². The van der Waals surface area contributed by atoms with Gasteiger partial charge in [-0.15, -0.1) is 0 Å². The van der Waals surface area contributed by atoms with Gasteiger partial charge in [0.05, 0.1) is 18.3 Å². The fraction of sp³-hybridized carbons (Fsp3) is 0.250. The van der Waals surface area contributed by atoms with Crippen molar-refractivity contribution in [2.45, 2.75) is 20.3 Å². The van der Waals surface area contributed by atoms with Gasteiger partial charge in [-0.1, -0.05) is 6.92 Å². The van der Waals surface area contributed by atoms with Gasteiger partial charge in [0.25, 0.3) is 5.91 Å². The number of aromatic nitrogens is 3. The molecule has 130 valence electrons. The van der Waals surface area contributed by atoms with Crippen LogP contribution < -0.4 is 15.8 Å². The Bertz CT molecular complexity index is 972. The van der Waals surface area contributed by atoms with Crippen LogP contribution in [0.4, 0.5) is 5.95 Å². The standard InChI is InChI=1S/C16H17N5O4/c1-4-9-13(25-7(2)18-9)15(23)21-16-19-10-5-8(14(17)22)6-11(24-3)12(10)20-16/h5-6H,4H2,1-3H3,(H2,17,22)(H2,19,20,21,23). The largest absolute Gasteiger partial charge is 0.494 e. The molecule has 3 aromatic rings. The van der Waals surface area contributed by atoms with Crippen LogP contribution in [0.15, 0.2) is 16.5 Å². The molecule has 0 aliphatic carbocycles. The van der Waals surface area contributed by atoms with Gasteiger partial charge in [-0.2, -0.15) is 0 Å². The molecular formula is C16H17N5O4. The first-order valence-electron chi connectivity index (χ1n) is 7.58. The summed E-state index contributed by atoms with van der Waals surface area (Å²) in [6.07, 6.45) is 0.565. The molecule has 0 atom stereocenters. The number of primary amides is 1. The van der Waals surface area contributed by atoms with Crippen LogP contribution in [-0.4, -0.2) is 33.9 Å². The Hall–Kier alpha value is -3.36. The van der Waals surface area contributed by atoms with Crippen molar-refractivity contribution in [3.63, 3.8) is 0 Å². The molecule has 0 aliphatic rings. The predicted molar refractivity (Wildman–Crippen MR) is 89.7 cm³/mol. The number of methoxy groups -OCH3 is 1. The Labute approximate surface area is 142 Å². The number of imidazole rings is 1. The van der Waals surface area contributed by atoms with E-state index in [1.807, 2.05) is 6.92 Å². The van der Waals surface area contributed by atoms with Gasteiger partial charge >= 0.3 is 0 Å². The van der Waals surface area contributed by atoms with Crippen LogP contribution in [0.25, 0.3) is 11.0 Å². The molecule has 0 bridgehead atoms. The molecule has 2 heterocycles. The van der Waals surface area contributed by atoms with Crippen LogP contribution in [-0.2, 0) is 6.42 Å². The molecule has 2 amide bonds. The summed E-state index contributed by atoms with van der Waals surface area (Å²) in [5, 5.41) is 2.62. The number of hydrogen-bond donors (Lipinski definition) is 3. The number of amides is 2. The molecule has 0 spiro atoms. The molecule has 9 heteroatoms. The highest BCUT2D eigenvalue weighted by Gasteiger charge is 2.20. The molecule has 9 nitrogen and oxygen atoms in total. The van der Waals surface area contributed by atoms with Crippen LogP contribution in [0, 0.1) is 6.92 Å². The minimum Gasteiger partial charge on any atom is -0.494 e. The minimum atomic E-state index is -0.592. The van der Waals surface area contributed by atoms with Crippen molar-refractivity contribution in [1.82, 2.24) is 15.0 Å². The number of carbonyl (C=O) groups is 2. The molecule has 0 aliphatic heterocycles. The third kappa shape index (κ3) is 3.03. The monoisotopic (exact) mass is 343 g/mol. The van der Waals surface area contributed by atoms with Crippen molar-refractivity contribution < 1.29 is 18.7 Å². The Morgan fingerprint density at radius 2 is 2.12 bits per heavy atom. The van der Waals surface area contributed by atoms with E-state index in [0.717, 1.165) is 0 Å². The molecule has 0 saturated heterocycles. The van der Waals surface area contributed by atoms with Gasteiger partial charge in [0.15, 0.2) is 5.89 Å². The third-order valence-corrected chi connectivity index (χ3v) is 3.63. The second-order valence-corrected chi connectivity index (χ2v) is 5.34. The number of nitrogens with two attached hydrogens (primary N) is 1. The minimum absolute atomic E-state index is 0.144. The van der Waals surface area contributed by atoms with E-state index in [1.54, 1.807) is 13.0 Å². The molecule has 0 radical (unpaired) electrons. The average Bonchev–Trinajstić information content (AvgIpc) is 3.15. The van der Waals surface area contributed by atoms with Crippen LogP contribution >= 0.6 is 0 Å². The first-order chi connectivity index (χ1) is 11.9. The fourth-order valence-corrected chi connectivity index (χ4v) is 2.49. The third-order valence-electron chi connectivity index (χ3n) is 3.63. The van der Waals surface area contributed by atoms with Gasteiger partial charge in [-0.3, -0.25) is 14.9 Å². The van der Waals surface area contributed by atoms with Gasteiger partial charge in [0, 0.05) is 12.5 Å². The van der Waals surface area contributed by atoms with E-state index < -0.39 is 11.8 Å². The van der Waals surface area contributed by atoms with E-state index in [2.05, 4.69) is 20.3 Å². The molecular weight excluding hydrogens is 326 g/mol. The van der Waals surface area contributed by atoms with E-state index in [-0.39, 0.29) is 17.3 Å². The summed E-state index contributed by atoms with van der Waals surface area (Å²) in [7, 11) is 1.46. The van der Waals surface area contributed by atoms with Crippen molar-refractivity contribution in [1.29, 1.82) is 0 Å². The number of nitrogens with zero attached hydrogens (tertiary/aromatic N) is 2. The lowest BCUT2D eigenvalue weighted by Gasteiger charge is -2.02. The lowest BCUT2D eigenvalue weighted by molar-refractivity contribution is 0.0988. The number of H-pyrrole nitrogens is 1. The van der Waals surface area contributed by atoms with E-state index in [1.165, 1.54) is 13.2 Å². The number of carbonyl (C=O) groups excluding carboxylic acids is 2. The number of hydrogen-bond acceptors (Lipinski definition) is 6. The van der Waals surface area contributed by atoms with Crippen LogP contribution in [0.1, 0.15) is 39.4 Å². The highest BCUT2D eigenvalue weighted by molar-refractivity contribution is 6.03. The second kappa shape index (κ2) is 6.27. The molecule has 0 fully saturated rings. The summed E-state index contributed by atoms with van der Waals surface area (Å²) in [6, 6.07) is 3.03. The molecule has 4 N–H and O–H groups in total. The number of benzene rings is 1. The van der Waals surface area contributed by atoms with E-state index in [4.69, 9.17) is 14.9 Å². The van der Waals surface area contributed by atoms with Crippen LogP contribution in [0.5, 0.6) is 5.75 Å². The number of ether oxygens (including phenoxy) is 1. The van der Waals surface area contributed by atoms with Crippen molar-refractivity contribution in [3.05, 3.63) is 35.0 Å². The Kier molecular flexibility index (Phi) is 4.14. The Balaban J connectivity index is 1.96. The summed E-state index contributed by atoms with van der Waals surface area (Å²) in [5.74, 6) is 0.0594. The smallest absolute Gasteiger partial charge is 0.295 e. The zero-order chi connectivity index (χ0) is 18.1. The summed E-state index contributed by atoms with van der Waals surface area (Å²) in [6.45, 7) is 3.55. The number of nitrogens with one attached hydrogen (secondary N) is 2. The summed E-state index contributed by atoms with van der Waals surface area (Å²) >= 11 is 0. The highest BCUT2D eigenvalue weighted by Crippen LogP contribution is 2.27. The van der Waals surface area contributed by atoms with Crippen molar-refractivity contribution in [2.75, 3.05) is 12.4 Å². The quantitative estimate of drug-likeness (QED) is 0.646. The molecule has 1 aromatic carbocycles. The average molecular weight is 343 g/mol. The van der Waals surface area contributed by atoms with E-state index in [9.17, 15) is 9.59 Å². The fourth-order valence-electron chi connectivity index (χ4n) is 2.49. The topological polar surface area (TPSA) is 136 Å². The van der Waals surface area contributed by atoms with Crippen LogP contribution in [0.3, 0.4) is 0 Å². The summed E-state index contributed by atoms with van der Waals surface area (Å²) in [4.78, 5) is 35.2. The molecule has 0 unspecified atom stereocenters. The van der Waals surface area contributed by atoms with Crippen molar-refractivity contribution in [2.24, 2.45) is 5.73 Å². The first-order valence-corrected chi connectivity index (χ1v) is 7.58.